The summed E-state index contributed by atoms with van der Waals surface area (Å²) in [4.78, 5) is 0. The molecular formula is C15H14Br3NO. The summed E-state index contributed by atoms with van der Waals surface area (Å²) >= 11 is 10.5. The number of methoxy groups -OCH3 is 1. The average Bonchev–Trinajstić information content (AvgIpc) is 2.41. The van der Waals surface area contributed by atoms with E-state index in [1.54, 1.807) is 7.11 Å². The van der Waals surface area contributed by atoms with Gasteiger partial charge in [0.1, 0.15) is 5.75 Å². The lowest BCUT2D eigenvalue weighted by Crippen LogP contribution is -2.07. The van der Waals surface area contributed by atoms with Crippen LogP contribution in [-0.2, 0) is 0 Å². The van der Waals surface area contributed by atoms with E-state index in [1.807, 2.05) is 24.3 Å². The van der Waals surface area contributed by atoms with Crippen LogP contribution in [0.25, 0.3) is 0 Å². The summed E-state index contributed by atoms with van der Waals surface area (Å²) in [6.45, 7) is 2.13. The van der Waals surface area contributed by atoms with Crippen molar-refractivity contribution >= 4 is 53.5 Å². The number of hydrogen-bond donors (Lipinski definition) is 1. The lowest BCUT2D eigenvalue weighted by molar-refractivity contribution is 0.412. The van der Waals surface area contributed by atoms with Crippen LogP contribution < -0.4 is 10.1 Å². The van der Waals surface area contributed by atoms with Crippen LogP contribution in [-0.4, -0.2) is 7.11 Å². The molecule has 0 aliphatic heterocycles. The van der Waals surface area contributed by atoms with Gasteiger partial charge in [-0.05, 0) is 74.7 Å². The molecule has 20 heavy (non-hydrogen) atoms. The number of benzene rings is 2. The largest absolute Gasteiger partial charge is 0.496 e. The molecule has 0 spiro atoms. The van der Waals surface area contributed by atoms with Gasteiger partial charge in [0.05, 0.1) is 11.6 Å². The number of rotatable bonds is 4. The van der Waals surface area contributed by atoms with Gasteiger partial charge in [0.2, 0.25) is 0 Å². The highest BCUT2D eigenvalue weighted by Gasteiger charge is 2.10. The number of halogens is 3. The standard InChI is InChI=1S/C15H14Br3NO/c1-9(10-3-6-15(20-2)13(18)7-10)19-14-5-4-11(16)8-12(14)17/h3-9,19H,1-2H3. The fraction of sp³-hybridized carbons (Fsp3) is 0.200. The molecule has 0 bridgehead atoms. The molecule has 0 aromatic heterocycles. The molecular weight excluding hydrogens is 450 g/mol. The van der Waals surface area contributed by atoms with Gasteiger partial charge >= 0.3 is 0 Å². The second-order valence-electron chi connectivity index (χ2n) is 4.38. The second-order valence-corrected chi connectivity index (χ2v) is 7.01. The van der Waals surface area contributed by atoms with E-state index in [1.165, 1.54) is 5.56 Å². The van der Waals surface area contributed by atoms with Crippen molar-refractivity contribution in [2.24, 2.45) is 0 Å². The van der Waals surface area contributed by atoms with Gasteiger partial charge in [-0.25, -0.2) is 0 Å². The van der Waals surface area contributed by atoms with Crippen LogP contribution in [0.15, 0.2) is 49.8 Å². The van der Waals surface area contributed by atoms with Crippen molar-refractivity contribution in [3.8, 4) is 5.75 Å². The van der Waals surface area contributed by atoms with E-state index < -0.39 is 0 Å². The fourth-order valence-electron chi connectivity index (χ4n) is 1.88. The molecule has 1 N–H and O–H groups in total. The van der Waals surface area contributed by atoms with Gasteiger partial charge in [0.15, 0.2) is 0 Å². The maximum atomic E-state index is 5.25. The first-order valence-corrected chi connectivity index (χ1v) is 8.44. The molecule has 0 saturated carbocycles. The Morgan fingerprint density at radius 1 is 1.00 bits per heavy atom. The van der Waals surface area contributed by atoms with Crippen LogP contribution in [0.2, 0.25) is 0 Å². The fourth-order valence-corrected chi connectivity index (χ4v) is 3.59. The highest BCUT2D eigenvalue weighted by molar-refractivity contribution is 9.11. The van der Waals surface area contributed by atoms with Crippen molar-refractivity contribution in [3.63, 3.8) is 0 Å². The monoisotopic (exact) mass is 461 g/mol. The normalized spacial score (nSPS) is 12.1. The number of hydrogen-bond acceptors (Lipinski definition) is 2. The summed E-state index contributed by atoms with van der Waals surface area (Å²) < 4.78 is 8.29. The predicted molar refractivity (Wildman–Crippen MR) is 94.6 cm³/mol. The molecule has 2 rings (SSSR count). The van der Waals surface area contributed by atoms with E-state index in [9.17, 15) is 0 Å². The topological polar surface area (TPSA) is 21.3 Å². The Morgan fingerprint density at radius 2 is 1.75 bits per heavy atom. The van der Waals surface area contributed by atoms with Gasteiger partial charge in [0, 0.05) is 20.7 Å². The molecule has 106 valence electrons. The molecule has 0 aliphatic carbocycles. The zero-order chi connectivity index (χ0) is 14.7. The zero-order valence-electron chi connectivity index (χ0n) is 11.1. The van der Waals surface area contributed by atoms with Gasteiger partial charge in [-0.2, -0.15) is 0 Å². The minimum Gasteiger partial charge on any atom is -0.496 e. The first kappa shape index (κ1) is 15.9. The summed E-state index contributed by atoms with van der Waals surface area (Å²) in [6.07, 6.45) is 0. The number of ether oxygens (including phenoxy) is 1. The molecule has 1 atom stereocenters. The summed E-state index contributed by atoms with van der Waals surface area (Å²) in [5.74, 6) is 0.839. The molecule has 2 aromatic rings. The maximum absolute atomic E-state index is 5.25. The van der Waals surface area contributed by atoms with Gasteiger partial charge in [0.25, 0.3) is 0 Å². The Morgan fingerprint density at radius 3 is 2.35 bits per heavy atom. The van der Waals surface area contributed by atoms with Gasteiger partial charge in [-0.15, -0.1) is 0 Å². The predicted octanol–water partition coefficient (Wildman–Crippen LogP) is 6.16. The Balaban J connectivity index is 2.19. The first-order chi connectivity index (χ1) is 9.51. The molecule has 0 radical (unpaired) electrons. The van der Waals surface area contributed by atoms with Crippen molar-refractivity contribution in [2.75, 3.05) is 12.4 Å². The summed E-state index contributed by atoms with van der Waals surface area (Å²) in [5.41, 5.74) is 2.25. The third kappa shape index (κ3) is 3.77. The van der Waals surface area contributed by atoms with Crippen LogP contribution in [0.1, 0.15) is 18.5 Å². The molecule has 0 heterocycles. The van der Waals surface area contributed by atoms with Crippen molar-refractivity contribution in [1.82, 2.24) is 0 Å². The SMILES string of the molecule is COc1ccc(C(C)Nc2ccc(Br)cc2Br)cc1Br. The lowest BCUT2D eigenvalue weighted by atomic mass is 10.1. The van der Waals surface area contributed by atoms with E-state index in [0.29, 0.717) is 0 Å². The minimum absolute atomic E-state index is 0.190. The van der Waals surface area contributed by atoms with Crippen molar-refractivity contribution in [3.05, 3.63) is 55.4 Å². The van der Waals surface area contributed by atoms with Crippen LogP contribution in [0, 0.1) is 0 Å². The van der Waals surface area contributed by atoms with Crippen LogP contribution in [0.5, 0.6) is 5.75 Å². The molecule has 2 aromatic carbocycles. The Labute approximate surface area is 144 Å². The third-order valence-corrected chi connectivity index (χ3v) is 4.75. The van der Waals surface area contributed by atoms with E-state index in [4.69, 9.17) is 4.74 Å². The van der Waals surface area contributed by atoms with Crippen LogP contribution in [0.4, 0.5) is 5.69 Å². The quantitative estimate of drug-likeness (QED) is 0.586. The molecule has 2 nitrogen and oxygen atoms in total. The van der Waals surface area contributed by atoms with Gasteiger partial charge < -0.3 is 10.1 Å². The van der Waals surface area contributed by atoms with Crippen LogP contribution in [0.3, 0.4) is 0 Å². The first-order valence-electron chi connectivity index (χ1n) is 6.06. The Kier molecular flexibility index (Phi) is 5.52. The second kappa shape index (κ2) is 6.96. The number of nitrogens with one attached hydrogen (secondary N) is 1. The van der Waals surface area contributed by atoms with Crippen LogP contribution >= 0.6 is 47.8 Å². The van der Waals surface area contributed by atoms with E-state index >= 15 is 0 Å². The average molecular weight is 464 g/mol. The van der Waals surface area contributed by atoms with E-state index in [-0.39, 0.29) is 6.04 Å². The molecule has 1 unspecified atom stereocenters. The minimum atomic E-state index is 0.190. The molecule has 0 aliphatic rings. The van der Waals surface area contributed by atoms with Crippen molar-refractivity contribution < 1.29 is 4.74 Å². The highest BCUT2D eigenvalue weighted by Crippen LogP contribution is 2.32. The van der Waals surface area contributed by atoms with Crippen molar-refractivity contribution in [2.45, 2.75) is 13.0 Å². The van der Waals surface area contributed by atoms with Crippen molar-refractivity contribution in [1.29, 1.82) is 0 Å². The molecule has 0 amide bonds. The smallest absolute Gasteiger partial charge is 0.133 e. The zero-order valence-corrected chi connectivity index (χ0v) is 15.8. The Bertz CT molecular complexity index is 616. The third-order valence-electron chi connectivity index (χ3n) is 2.98. The lowest BCUT2D eigenvalue weighted by Gasteiger charge is -2.18. The summed E-state index contributed by atoms with van der Waals surface area (Å²) in [6, 6.07) is 12.4. The van der Waals surface area contributed by atoms with Gasteiger partial charge in [-0.1, -0.05) is 22.0 Å². The molecule has 5 heteroatoms. The Hall–Kier alpha value is -0.520. The molecule has 0 saturated heterocycles. The summed E-state index contributed by atoms with van der Waals surface area (Å²) in [7, 11) is 1.67. The summed E-state index contributed by atoms with van der Waals surface area (Å²) in [5, 5.41) is 3.49. The number of anilines is 1. The van der Waals surface area contributed by atoms with E-state index in [2.05, 4.69) is 72.2 Å². The molecule has 0 fully saturated rings. The maximum Gasteiger partial charge on any atom is 0.133 e. The van der Waals surface area contributed by atoms with Gasteiger partial charge in [-0.3, -0.25) is 0 Å². The van der Waals surface area contributed by atoms with E-state index in [0.717, 1.165) is 24.9 Å². The highest BCUT2D eigenvalue weighted by atomic mass is 79.9.